The molecule has 2 aromatic rings. The molecule has 0 aliphatic carbocycles. The molecule has 0 fully saturated rings. The number of rotatable bonds is 7. The molecule has 0 saturated carbocycles. The number of Topliss-reactive ketones (excluding diaryl/α,β-unsaturated/α-hetero) is 1. The van der Waals surface area contributed by atoms with E-state index in [1.165, 1.54) is 0 Å². The van der Waals surface area contributed by atoms with Gasteiger partial charge in [-0.15, -0.1) is 0 Å². The van der Waals surface area contributed by atoms with E-state index in [4.69, 9.17) is 10.5 Å². The number of benzene rings is 2. The van der Waals surface area contributed by atoms with E-state index in [0.717, 1.165) is 16.9 Å². The van der Waals surface area contributed by atoms with E-state index in [9.17, 15) is 9.59 Å². The van der Waals surface area contributed by atoms with Gasteiger partial charge in [0.2, 0.25) is 5.78 Å². The van der Waals surface area contributed by atoms with Gasteiger partial charge < -0.3 is 15.8 Å². The molecule has 3 N–H and O–H groups in total. The van der Waals surface area contributed by atoms with Crippen molar-refractivity contribution in [1.29, 1.82) is 0 Å². The minimum atomic E-state index is -0.560. The Morgan fingerprint density at radius 3 is 2.22 bits per heavy atom. The third-order valence-electron chi connectivity index (χ3n) is 3.49. The van der Waals surface area contributed by atoms with Gasteiger partial charge in [-0.25, -0.2) is 0 Å². The van der Waals surface area contributed by atoms with Crippen LogP contribution in [-0.2, 0) is 22.6 Å². The minimum absolute atomic E-state index is 0.180. The maximum absolute atomic E-state index is 11.9. The summed E-state index contributed by atoms with van der Waals surface area (Å²) in [6.45, 7) is 0.313. The highest BCUT2D eigenvalue weighted by atomic mass is 16.5. The average Bonchev–Trinajstić information content (AvgIpc) is 2.59. The van der Waals surface area contributed by atoms with Gasteiger partial charge in [0.15, 0.2) is 0 Å². The van der Waals surface area contributed by atoms with Gasteiger partial charge in [0.05, 0.1) is 7.11 Å². The summed E-state index contributed by atoms with van der Waals surface area (Å²) in [6.07, 6.45) is 0.706. The molecule has 0 bridgehead atoms. The predicted octanol–water partition coefficient (Wildman–Crippen LogP) is 2.10. The number of carbonyl (C=O) groups is 2. The molecule has 5 heteroatoms. The lowest BCUT2D eigenvalue weighted by molar-refractivity contribution is -0.138. The lowest BCUT2D eigenvalue weighted by atomic mass is 10.1. The lowest BCUT2D eigenvalue weighted by Gasteiger charge is -2.06. The molecule has 0 saturated heterocycles. The van der Waals surface area contributed by atoms with Gasteiger partial charge in [0, 0.05) is 18.7 Å². The van der Waals surface area contributed by atoms with Crippen LogP contribution in [0.5, 0.6) is 5.75 Å². The van der Waals surface area contributed by atoms with Crippen molar-refractivity contribution < 1.29 is 14.3 Å². The second kappa shape index (κ2) is 7.98. The van der Waals surface area contributed by atoms with E-state index < -0.39 is 11.7 Å². The fourth-order valence-electron chi connectivity index (χ4n) is 2.08. The van der Waals surface area contributed by atoms with Gasteiger partial charge in [-0.3, -0.25) is 9.59 Å². The van der Waals surface area contributed by atoms with Crippen molar-refractivity contribution in [1.82, 2.24) is 5.32 Å². The largest absolute Gasteiger partial charge is 0.497 e. The van der Waals surface area contributed by atoms with Gasteiger partial charge >= 0.3 is 0 Å². The third kappa shape index (κ3) is 5.14. The number of ketones is 1. The van der Waals surface area contributed by atoms with Crippen LogP contribution in [0, 0.1) is 0 Å². The van der Waals surface area contributed by atoms with E-state index in [-0.39, 0.29) is 6.42 Å². The maximum Gasteiger partial charge on any atom is 0.287 e. The summed E-state index contributed by atoms with van der Waals surface area (Å²) >= 11 is 0. The van der Waals surface area contributed by atoms with Gasteiger partial charge in [0.25, 0.3) is 5.91 Å². The zero-order valence-electron chi connectivity index (χ0n) is 13.0. The van der Waals surface area contributed by atoms with E-state index in [0.29, 0.717) is 18.7 Å². The van der Waals surface area contributed by atoms with Crippen LogP contribution in [0.3, 0.4) is 0 Å². The normalized spacial score (nSPS) is 10.1. The fraction of sp³-hybridized carbons (Fsp3) is 0.222. The number of aryl methyl sites for hydroxylation is 1. The summed E-state index contributed by atoms with van der Waals surface area (Å²) in [5, 5.41) is 2.62. The van der Waals surface area contributed by atoms with Crippen molar-refractivity contribution in [3.8, 4) is 5.75 Å². The van der Waals surface area contributed by atoms with Crippen LogP contribution in [0.2, 0.25) is 0 Å². The van der Waals surface area contributed by atoms with E-state index in [1.807, 2.05) is 36.4 Å². The standard InChI is InChI=1S/C18H20N2O3/c1-23-16-9-4-13(5-10-16)6-11-17(21)18(22)20-12-14-2-7-15(19)8-3-14/h2-5,7-10H,6,11-12,19H2,1H3,(H,20,22). The Labute approximate surface area is 135 Å². The van der Waals surface area contributed by atoms with Gasteiger partial charge in [-0.1, -0.05) is 24.3 Å². The summed E-state index contributed by atoms with van der Waals surface area (Å²) in [4.78, 5) is 23.7. The monoisotopic (exact) mass is 312 g/mol. The number of methoxy groups -OCH3 is 1. The number of hydrogen-bond donors (Lipinski definition) is 2. The summed E-state index contributed by atoms with van der Waals surface area (Å²) in [5.74, 6) is -0.215. The molecule has 1 amide bonds. The van der Waals surface area contributed by atoms with Crippen LogP contribution in [0.25, 0.3) is 0 Å². The molecular formula is C18H20N2O3. The number of anilines is 1. The molecular weight excluding hydrogens is 292 g/mol. The van der Waals surface area contributed by atoms with E-state index in [1.54, 1.807) is 19.2 Å². The lowest BCUT2D eigenvalue weighted by Crippen LogP contribution is -2.30. The molecule has 0 heterocycles. The second-order valence-electron chi connectivity index (χ2n) is 5.20. The van der Waals surface area contributed by atoms with Gasteiger partial charge in [-0.05, 0) is 41.8 Å². The molecule has 5 nitrogen and oxygen atoms in total. The van der Waals surface area contributed by atoms with Crippen LogP contribution in [0.1, 0.15) is 17.5 Å². The number of ether oxygens (including phenoxy) is 1. The third-order valence-corrected chi connectivity index (χ3v) is 3.49. The molecule has 2 aromatic carbocycles. The zero-order chi connectivity index (χ0) is 16.7. The first-order chi connectivity index (χ1) is 11.1. The first-order valence-electron chi connectivity index (χ1n) is 7.37. The Hall–Kier alpha value is -2.82. The minimum Gasteiger partial charge on any atom is -0.497 e. The molecule has 0 unspecified atom stereocenters. The van der Waals surface area contributed by atoms with E-state index >= 15 is 0 Å². The SMILES string of the molecule is COc1ccc(CCC(=O)C(=O)NCc2ccc(N)cc2)cc1. The van der Waals surface area contributed by atoms with Crippen LogP contribution in [0.4, 0.5) is 5.69 Å². The molecule has 2 rings (SSSR count). The van der Waals surface area contributed by atoms with Crippen LogP contribution in [0.15, 0.2) is 48.5 Å². The van der Waals surface area contributed by atoms with Crippen molar-refractivity contribution in [2.75, 3.05) is 12.8 Å². The smallest absolute Gasteiger partial charge is 0.287 e. The number of carbonyl (C=O) groups excluding carboxylic acids is 2. The molecule has 0 aromatic heterocycles. The van der Waals surface area contributed by atoms with Gasteiger partial charge in [0.1, 0.15) is 5.75 Å². The van der Waals surface area contributed by atoms with Crippen molar-refractivity contribution >= 4 is 17.4 Å². The zero-order valence-corrected chi connectivity index (χ0v) is 13.0. The number of nitrogens with one attached hydrogen (secondary N) is 1. The molecule has 120 valence electrons. The van der Waals surface area contributed by atoms with Crippen LogP contribution < -0.4 is 15.8 Å². The average molecular weight is 312 g/mol. The summed E-state index contributed by atoms with van der Waals surface area (Å²) in [7, 11) is 1.60. The summed E-state index contributed by atoms with van der Waals surface area (Å²) < 4.78 is 5.08. The Kier molecular flexibility index (Phi) is 5.74. The van der Waals surface area contributed by atoms with Crippen molar-refractivity contribution in [3.63, 3.8) is 0 Å². The second-order valence-corrected chi connectivity index (χ2v) is 5.20. The van der Waals surface area contributed by atoms with Crippen molar-refractivity contribution in [2.24, 2.45) is 0 Å². The number of hydrogen-bond acceptors (Lipinski definition) is 4. The van der Waals surface area contributed by atoms with Gasteiger partial charge in [-0.2, -0.15) is 0 Å². The molecule has 23 heavy (non-hydrogen) atoms. The van der Waals surface area contributed by atoms with Crippen LogP contribution >= 0.6 is 0 Å². The van der Waals surface area contributed by atoms with E-state index in [2.05, 4.69) is 5.32 Å². The maximum atomic E-state index is 11.9. The van der Waals surface area contributed by atoms with Crippen molar-refractivity contribution in [3.05, 3.63) is 59.7 Å². The highest BCUT2D eigenvalue weighted by Gasteiger charge is 2.13. The molecule has 0 atom stereocenters. The van der Waals surface area contributed by atoms with Crippen LogP contribution in [-0.4, -0.2) is 18.8 Å². The summed E-state index contributed by atoms with van der Waals surface area (Å²) in [6, 6.07) is 14.6. The molecule has 0 radical (unpaired) electrons. The predicted molar refractivity (Wildman–Crippen MR) is 89.0 cm³/mol. The molecule has 0 aliphatic heterocycles. The number of nitrogens with two attached hydrogens (primary N) is 1. The molecule has 0 spiro atoms. The Balaban J connectivity index is 1.77. The Morgan fingerprint density at radius 2 is 1.61 bits per heavy atom. The topological polar surface area (TPSA) is 81.4 Å². The number of amides is 1. The highest BCUT2D eigenvalue weighted by molar-refractivity contribution is 6.36. The Bertz CT molecular complexity index is 664. The molecule has 0 aliphatic rings. The van der Waals surface area contributed by atoms with Crippen molar-refractivity contribution in [2.45, 2.75) is 19.4 Å². The Morgan fingerprint density at radius 1 is 1.00 bits per heavy atom. The summed E-state index contributed by atoms with van der Waals surface area (Å²) in [5.41, 5.74) is 8.15. The highest BCUT2D eigenvalue weighted by Crippen LogP contribution is 2.12. The fourth-order valence-corrected chi connectivity index (χ4v) is 2.08. The first-order valence-corrected chi connectivity index (χ1v) is 7.37. The number of nitrogen functional groups attached to an aromatic ring is 1. The quantitative estimate of drug-likeness (QED) is 0.606. The first kappa shape index (κ1) is 16.5.